The number of nitrogens with one attached hydrogen (secondary N) is 1. The maximum absolute atomic E-state index is 11.5. The number of hydrogen-bond donors (Lipinski definition) is 1. The van der Waals surface area contributed by atoms with E-state index < -0.39 is 16.1 Å². The maximum Gasteiger partial charge on any atom is 0.222 e. The summed E-state index contributed by atoms with van der Waals surface area (Å²) in [4.78, 5) is 0. The van der Waals surface area contributed by atoms with Crippen molar-refractivity contribution in [3.05, 3.63) is 23.8 Å². The Kier molecular flexibility index (Phi) is 5.43. The first-order valence-corrected chi connectivity index (χ1v) is 7.98. The van der Waals surface area contributed by atoms with E-state index in [2.05, 4.69) is 20.7 Å². The highest BCUT2D eigenvalue weighted by atomic mass is 79.9. The second-order valence-electron chi connectivity index (χ2n) is 3.67. The highest BCUT2D eigenvalue weighted by molar-refractivity contribution is 9.10. The molecule has 0 radical (unpaired) electrons. The molecule has 102 valence electrons. The van der Waals surface area contributed by atoms with Crippen molar-refractivity contribution in [1.29, 1.82) is 0 Å². The van der Waals surface area contributed by atoms with Crippen LogP contribution in [0.2, 0.25) is 0 Å². The van der Waals surface area contributed by atoms with Gasteiger partial charge in [-0.05, 0) is 25.1 Å². The first kappa shape index (κ1) is 15.3. The van der Waals surface area contributed by atoms with Gasteiger partial charge >= 0.3 is 0 Å². The molecule has 0 amide bonds. The van der Waals surface area contributed by atoms with Gasteiger partial charge in [-0.1, -0.05) is 15.9 Å². The second kappa shape index (κ2) is 6.40. The molecule has 0 aliphatic rings. The van der Waals surface area contributed by atoms with Gasteiger partial charge in [0, 0.05) is 11.6 Å². The summed E-state index contributed by atoms with van der Waals surface area (Å²) in [6.07, 6.45) is 0. The van der Waals surface area contributed by atoms with Crippen LogP contribution in [0.5, 0.6) is 11.5 Å². The van der Waals surface area contributed by atoms with Crippen molar-refractivity contribution in [2.75, 3.05) is 18.9 Å². The van der Waals surface area contributed by atoms with Crippen molar-refractivity contribution in [3.63, 3.8) is 0 Å². The van der Waals surface area contributed by atoms with E-state index in [9.17, 15) is 8.42 Å². The van der Waals surface area contributed by atoms with Gasteiger partial charge in [0.25, 0.3) is 0 Å². The lowest BCUT2D eigenvalue weighted by molar-refractivity contribution is 0.395. The lowest BCUT2D eigenvalue weighted by Gasteiger charge is -2.17. The van der Waals surface area contributed by atoms with E-state index >= 15 is 0 Å². The lowest BCUT2D eigenvalue weighted by Crippen LogP contribution is -2.27. The topological polar surface area (TPSA) is 64.6 Å². The number of rotatable bonds is 6. The van der Waals surface area contributed by atoms with Gasteiger partial charge in [-0.2, -0.15) is 0 Å². The Balaban J connectivity index is 3.06. The first-order valence-electron chi connectivity index (χ1n) is 5.21. The third kappa shape index (κ3) is 3.86. The van der Waals surface area contributed by atoms with Crippen LogP contribution >= 0.6 is 15.9 Å². The highest BCUT2D eigenvalue weighted by Gasteiger charge is 2.18. The van der Waals surface area contributed by atoms with Gasteiger partial charge in [-0.15, -0.1) is 0 Å². The van der Waals surface area contributed by atoms with Crippen molar-refractivity contribution < 1.29 is 17.9 Å². The number of ether oxygens (including phenoxy) is 2. The van der Waals surface area contributed by atoms with Crippen LogP contribution in [-0.2, 0) is 10.0 Å². The van der Waals surface area contributed by atoms with Gasteiger partial charge in [-0.3, -0.25) is 0 Å². The fourth-order valence-electron chi connectivity index (χ4n) is 1.54. The van der Waals surface area contributed by atoms with Gasteiger partial charge in [0.1, 0.15) is 16.2 Å². The fraction of sp³-hybridized carbons (Fsp3) is 0.455. The zero-order valence-electron chi connectivity index (χ0n) is 10.4. The summed E-state index contributed by atoms with van der Waals surface area (Å²) in [5.41, 5.74) is 0.723. The van der Waals surface area contributed by atoms with Crippen LogP contribution in [0.3, 0.4) is 0 Å². The maximum atomic E-state index is 11.5. The van der Waals surface area contributed by atoms with Crippen molar-refractivity contribution >= 4 is 26.0 Å². The standard InChI is InChI=1S/C11H16BrNO4S/c1-8(13-18(14,15)7-12)10-6-9(16-2)4-5-11(10)17-3/h4-6,8,13H,7H2,1-3H3. The van der Waals surface area contributed by atoms with Gasteiger partial charge in [0.05, 0.1) is 14.2 Å². The van der Waals surface area contributed by atoms with Gasteiger partial charge < -0.3 is 9.47 Å². The molecule has 1 unspecified atom stereocenters. The summed E-state index contributed by atoms with van der Waals surface area (Å²) in [5, 5.41) is 0. The highest BCUT2D eigenvalue weighted by Crippen LogP contribution is 2.29. The van der Waals surface area contributed by atoms with E-state index in [1.54, 1.807) is 32.2 Å². The van der Waals surface area contributed by atoms with E-state index in [4.69, 9.17) is 9.47 Å². The summed E-state index contributed by atoms with van der Waals surface area (Å²) in [5.74, 6) is 1.26. The average Bonchev–Trinajstić information content (AvgIpc) is 2.37. The lowest BCUT2D eigenvalue weighted by atomic mass is 10.1. The molecule has 0 saturated carbocycles. The Morgan fingerprint density at radius 3 is 2.50 bits per heavy atom. The summed E-state index contributed by atoms with van der Waals surface area (Å²) in [6.45, 7) is 1.75. The molecule has 0 bridgehead atoms. The van der Waals surface area contributed by atoms with Crippen molar-refractivity contribution in [2.45, 2.75) is 13.0 Å². The van der Waals surface area contributed by atoms with Gasteiger partial charge in [0.2, 0.25) is 10.0 Å². The molecule has 0 aliphatic heterocycles. The van der Waals surface area contributed by atoms with Crippen molar-refractivity contribution in [3.8, 4) is 11.5 Å². The molecule has 1 aromatic rings. The van der Waals surface area contributed by atoms with Crippen LogP contribution in [0.4, 0.5) is 0 Å². The van der Waals surface area contributed by atoms with Crippen molar-refractivity contribution in [1.82, 2.24) is 4.72 Å². The van der Waals surface area contributed by atoms with Gasteiger partial charge in [-0.25, -0.2) is 13.1 Å². The Labute approximate surface area is 116 Å². The van der Waals surface area contributed by atoms with E-state index in [1.165, 1.54) is 7.11 Å². The molecular formula is C11H16BrNO4S. The quantitative estimate of drug-likeness (QED) is 0.806. The molecule has 0 saturated heterocycles. The molecule has 1 rings (SSSR count). The summed E-state index contributed by atoms with van der Waals surface area (Å²) >= 11 is 2.93. The number of hydrogen-bond acceptors (Lipinski definition) is 4. The Morgan fingerprint density at radius 2 is 2.00 bits per heavy atom. The molecule has 0 aromatic heterocycles. The molecule has 7 heteroatoms. The molecule has 0 fully saturated rings. The second-order valence-corrected chi connectivity index (χ2v) is 6.73. The molecule has 1 atom stereocenters. The molecule has 0 heterocycles. The number of sulfonamides is 1. The minimum atomic E-state index is -3.34. The van der Waals surface area contributed by atoms with Crippen LogP contribution in [-0.4, -0.2) is 27.3 Å². The summed E-state index contributed by atoms with van der Waals surface area (Å²) < 4.78 is 35.7. The predicted molar refractivity (Wildman–Crippen MR) is 73.8 cm³/mol. The summed E-state index contributed by atoms with van der Waals surface area (Å²) in [7, 11) is -0.248. The Bertz CT molecular complexity index is 504. The van der Waals surface area contributed by atoms with Crippen LogP contribution in [0.15, 0.2) is 18.2 Å². The normalized spacial score (nSPS) is 13.1. The summed E-state index contributed by atoms with van der Waals surface area (Å²) in [6, 6.07) is 4.85. The SMILES string of the molecule is COc1ccc(OC)c(C(C)NS(=O)(=O)CBr)c1. The first-order chi connectivity index (χ1) is 8.43. The molecular weight excluding hydrogens is 322 g/mol. The van der Waals surface area contributed by atoms with Gasteiger partial charge in [0.15, 0.2) is 0 Å². The Morgan fingerprint density at radius 1 is 1.33 bits per heavy atom. The number of methoxy groups -OCH3 is 2. The third-order valence-corrected chi connectivity index (χ3v) is 5.21. The zero-order chi connectivity index (χ0) is 13.8. The van der Waals surface area contributed by atoms with Crippen LogP contribution < -0.4 is 14.2 Å². The van der Waals surface area contributed by atoms with E-state index in [0.29, 0.717) is 11.5 Å². The van der Waals surface area contributed by atoms with Crippen LogP contribution in [0.25, 0.3) is 0 Å². The zero-order valence-corrected chi connectivity index (χ0v) is 12.8. The monoisotopic (exact) mass is 337 g/mol. The van der Waals surface area contributed by atoms with E-state index in [0.717, 1.165) is 5.56 Å². The molecule has 5 nitrogen and oxygen atoms in total. The predicted octanol–water partition coefficient (Wildman–Crippen LogP) is 2.04. The largest absolute Gasteiger partial charge is 0.497 e. The Hall–Kier alpha value is -0.790. The molecule has 1 N–H and O–H groups in total. The molecule has 0 aliphatic carbocycles. The molecule has 0 spiro atoms. The number of alkyl halides is 1. The minimum Gasteiger partial charge on any atom is -0.497 e. The van der Waals surface area contributed by atoms with Crippen LogP contribution in [0.1, 0.15) is 18.5 Å². The third-order valence-electron chi connectivity index (χ3n) is 2.40. The fourth-order valence-corrected chi connectivity index (χ4v) is 2.67. The smallest absolute Gasteiger partial charge is 0.222 e. The van der Waals surface area contributed by atoms with Crippen molar-refractivity contribution in [2.24, 2.45) is 0 Å². The van der Waals surface area contributed by atoms with Crippen LogP contribution in [0, 0.1) is 0 Å². The number of halogens is 1. The van der Waals surface area contributed by atoms with E-state index in [1.807, 2.05) is 0 Å². The molecule has 18 heavy (non-hydrogen) atoms. The number of benzene rings is 1. The average molecular weight is 338 g/mol. The minimum absolute atomic E-state index is 0.142. The van der Waals surface area contributed by atoms with E-state index in [-0.39, 0.29) is 4.66 Å². The molecule has 1 aromatic carbocycles.